The lowest BCUT2D eigenvalue weighted by molar-refractivity contribution is 0.876. The van der Waals surface area contributed by atoms with E-state index in [1.807, 2.05) is 0 Å². The summed E-state index contributed by atoms with van der Waals surface area (Å²) < 4.78 is 0.841. The van der Waals surface area contributed by atoms with E-state index in [1.54, 1.807) is 0 Å². The molecule has 0 spiro atoms. The Balaban J connectivity index is 2.36. The maximum absolute atomic E-state index is 2.39. The molecule has 0 aromatic heterocycles. The minimum Gasteiger partial charge on any atom is -0.145 e. The van der Waals surface area contributed by atoms with Gasteiger partial charge in [0.15, 0.2) is 0 Å². The molecule has 0 atom stereocenters. The molecule has 0 aromatic rings. The fourth-order valence-electron chi connectivity index (χ4n) is 1.76. The zero-order valence-corrected chi connectivity index (χ0v) is 15.6. The Kier molecular flexibility index (Phi) is 8.37. The highest BCUT2D eigenvalue weighted by Crippen LogP contribution is 2.40. The SMILES string of the molecule is CC1(C)SCCCCSC(C)(C)SCCCCS1. The van der Waals surface area contributed by atoms with Gasteiger partial charge in [-0.25, -0.2) is 0 Å². The molecular weight excluding hydrogens is 296 g/mol. The molecule has 0 unspecified atom stereocenters. The largest absolute Gasteiger partial charge is 0.145 e. The molecule has 0 amide bonds. The highest BCUT2D eigenvalue weighted by molar-refractivity contribution is 8.18. The summed E-state index contributed by atoms with van der Waals surface area (Å²) in [7, 11) is 0. The zero-order chi connectivity index (χ0) is 13.5. The van der Waals surface area contributed by atoms with Crippen molar-refractivity contribution >= 4 is 47.0 Å². The normalized spacial score (nSPS) is 27.3. The van der Waals surface area contributed by atoms with E-state index in [-0.39, 0.29) is 0 Å². The monoisotopic (exact) mass is 324 g/mol. The van der Waals surface area contributed by atoms with E-state index in [2.05, 4.69) is 74.7 Å². The van der Waals surface area contributed by atoms with Crippen LogP contribution in [0.25, 0.3) is 0 Å². The minimum atomic E-state index is 0.420. The average Bonchev–Trinajstić information content (AvgIpc) is 2.27. The molecule has 18 heavy (non-hydrogen) atoms. The molecular formula is C14H28S4. The lowest BCUT2D eigenvalue weighted by Crippen LogP contribution is -2.13. The predicted octanol–water partition coefficient (Wildman–Crippen LogP) is 5.97. The summed E-state index contributed by atoms with van der Waals surface area (Å²) in [6, 6.07) is 0. The molecule has 0 aliphatic carbocycles. The second kappa shape index (κ2) is 8.63. The molecule has 4 heteroatoms. The number of hydrogen-bond acceptors (Lipinski definition) is 4. The van der Waals surface area contributed by atoms with Gasteiger partial charge in [0.1, 0.15) is 0 Å². The fraction of sp³-hybridized carbons (Fsp3) is 1.00. The summed E-state index contributed by atoms with van der Waals surface area (Å²) in [5.41, 5.74) is 0. The van der Waals surface area contributed by atoms with E-state index in [9.17, 15) is 0 Å². The average molecular weight is 325 g/mol. The predicted molar refractivity (Wildman–Crippen MR) is 96.5 cm³/mol. The Labute approximate surface area is 131 Å². The summed E-state index contributed by atoms with van der Waals surface area (Å²) >= 11 is 8.61. The van der Waals surface area contributed by atoms with Crippen molar-refractivity contribution in [3.63, 3.8) is 0 Å². The third kappa shape index (κ3) is 8.55. The van der Waals surface area contributed by atoms with Crippen LogP contribution in [0.1, 0.15) is 53.4 Å². The standard InChI is InChI=1S/C14H28S4/c1-13(2)15-9-5-7-11-17-14(3,4)18-12-8-6-10-16-13/h5-12H2,1-4H3. The molecule has 0 radical (unpaired) electrons. The summed E-state index contributed by atoms with van der Waals surface area (Å²) in [6.07, 6.45) is 5.51. The van der Waals surface area contributed by atoms with Crippen molar-refractivity contribution in [2.45, 2.75) is 61.5 Å². The van der Waals surface area contributed by atoms with Gasteiger partial charge in [0, 0.05) is 0 Å². The van der Waals surface area contributed by atoms with Crippen LogP contribution in [0, 0.1) is 0 Å². The molecule has 1 fully saturated rings. The van der Waals surface area contributed by atoms with Gasteiger partial charge < -0.3 is 0 Å². The maximum Gasteiger partial charge on any atom is 0.0555 e. The van der Waals surface area contributed by atoms with Crippen LogP contribution in [0.2, 0.25) is 0 Å². The molecule has 1 saturated heterocycles. The smallest absolute Gasteiger partial charge is 0.0555 e. The van der Waals surface area contributed by atoms with Gasteiger partial charge in [-0.2, -0.15) is 0 Å². The highest BCUT2D eigenvalue weighted by atomic mass is 32.2. The van der Waals surface area contributed by atoms with Gasteiger partial charge in [-0.15, -0.1) is 47.0 Å². The van der Waals surface area contributed by atoms with Gasteiger partial charge in [0.05, 0.1) is 8.16 Å². The Bertz CT molecular complexity index is 182. The van der Waals surface area contributed by atoms with Crippen molar-refractivity contribution in [1.82, 2.24) is 0 Å². The van der Waals surface area contributed by atoms with Crippen molar-refractivity contribution in [3.05, 3.63) is 0 Å². The van der Waals surface area contributed by atoms with Crippen LogP contribution in [0.4, 0.5) is 0 Å². The molecule has 0 aromatic carbocycles. The first-order valence-corrected chi connectivity index (χ1v) is 10.9. The summed E-state index contributed by atoms with van der Waals surface area (Å²) in [5.74, 6) is 5.31. The van der Waals surface area contributed by atoms with E-state index >= 15 is 0 Å². The third-order valence-corrected chi connectivity index (χ3v) is 9.04. The Morgan fingerprint density at radius 1 is 0.500 bits per heavy atom. The summed E-state index contributed by atoms with van der Waals surface area (Å²) in [6.45, 7) is 9.56. The first-order chi connectivity index (χ1) is 8.41. The first kappa shape index (κ1) is 17.5. The molecule has 0 N–H and O–H groups in total. The minimum absolute atomic E-state index is 0.420. The highest BCUT2D eigenvalue weighted by Gasteiger charge is 2.20. The van der Waals surface area contributed by atoms with E-state index in [1.165, 1.54) is 48.7 Å². The maximum atomic E-state index is 2.39. The molecule has 1 aliphatic rings. The van der Waals surface area contributed by atoms with Crippen LogP contribution >= 0.6 is 47.0 Å². The van der Waals surface area contributed by atoms with Crippen LogP contribution in [0.5, 0.6) is 0 Å². The molecule has 1 heterocycles. The van der Waals surface area contributed by atoms with Crippen LogP contribution in [-0.4, -0.2) is 31.2 Å². The summed E-state index contributed by atoms with van der Waals surface area (Å²) in [5, 5.41) is 0. The van der Waals surface area contributed by atoms with Gasteiger partial charge in [-0.05, 0) is 76.4 Å². The first-order valence-electron chi connectivity index (χ1n) is 6.97. The van der Waals surface area contributed by atoms with Crippen molar-refractivity contribution in [2.24, 2.45) is 0 Å². The van der Waals surface area contributed by atoms with Crippen molar-refractivity contribution < 1.29 is 0 Å². The molecule has 0 bridgehead atoms. The van der Waals surface area contributed by atoms with Crippen molar-refractivity contribution in [1.29, 1.82) is 0 Å². The second-order valence-corrected chi connectivity index (χ2v) is 13.0. The fourth-order valence-corrected chi connectivity index (χ4v) is 6.79. The van der Waals surface area contributed by atoms with Crippen LogP contribution in [0.15, 0.2) is 0 Å². The lowest BCUT2D eigenvalue weighted by atomic mass is 10.4. The van der Waals surface area contributed by atoms with Crippen molar-refractivity contribution in [2.75, 3.05) is 23.0 Å². The van der Waals surface area contributed by atoms with E-state index in [0.717, 1.165) is 0 Å². The van der Waals surface area contributed by atoms with Crippen LogP contribution in [-0.2, 0) is 0 Å². The third-order valence-electron chi connectivity index (χ3n) is 2.88. The molecule has 0 nitrogen and oxygen atoms in total. The molecule has 1 rings (SSSR count). The quantitative estimate of drug-likeness (QED) is 0.538. The van der Waals surface area contributed by atoms with Crippen LogP contribution < -0.4 is 0 Å². The molecule has 0 saturated carbocycles. The van der Waals surface area contributed by atoms with Gasteiger partial charge in [0.2, 0.25) is 0 Å². The van der Waals surface area contributed by atoms with Gasteiger partial charge in [-0.1, -0.05) is 0 Å². The molecule has 108 valence electrons. The number of hydrogen-bond donors (Lipinski definition) is 0. The number of rotatable bonds is 0. The Hall–Kier alpha value is 1.40. The van der Waals surface area contributed by atoms with Gasteiger partial charge in [0.25, 0.3) is 0 Å². The van der Waals surface area contributed by atoms with Gasteiger partial charge >= 0.3 is 0 Å². The van der Waals surface area contributed by atoms with E-state index in [0.29, 0.717) is 8.16 Å². The van der Waals surface area contributed by atoms with Crippen LogP contribution in [0.3, 0.4) is 0 Å². The van der Waals surface area contributed by atoms with E-state index < -0.39 is 0 Å². The second-order valence-electron chi connectivity index (χ2n) is 5.61. The summed E-state index contributed by atoms with van der Waals surface area (Å²) in [4.78, 5) is 0. The lowest BCUT2D eigenvalue weighted by Gasteiger charge is -2.26. The zero-order valence-electron chi connectivity index (χ0n) is 12.3. The van der Waals surface area contributed by atoms with Crippen molar-refractivity contribution in [3.8, 4) is 0 Å². The van der Waals surface area contributed by atoms with Gasteiger partial charge in [-0.3, -0.25) is 0 Å². The number of thioether (sulfide) groups is 4. The topological polar surface area (TPSA) is 0 Å². The molecule has 1 aliphatic heterocycles. The van der Waals surface area contributed by atoms with E-state index in [4.69, 9.17) is 0 Å². The Morgan fingerprint density at radius 2 is 0.722 bits per heavy atom. The Morgan fingerprint density at radius 3 is 0.944 bits per heavy atom.